The van der Waals surface area contributed by atoms with E-state index in [1.54, 1.807) is 0 Å². The first-order chi connectivity index (χ1) is 6.56. The van der Waals surface area contributed by atoms with Gasteiger partial charge in [0.2, 0.25) is 0 Å². The number of rotatable bonds is 4. The van der Waals surface area contributed by atoms with Gasteiger partial charge < -0.3 is 0 Å². The zero-order chi connectivity index (χ0) is 10.8. The average molecular weight is 186 g/mol. The number of hydrogen-bond acceptors (Lipinski definition) is 0. The van der Waals surface area contributed by atoms with E-state index in [1.807, 2.05) is 12.2 Å². The molecule has 0 amide bonds. The van der Waals surface area contributed by atoms with E-state index in [0.717, 1.165) is 6.42 Å². The van der Waals surface area contributed by atoms with Crippen molar-refractivity contribution in [1.29, 1.82) is 0 Å². The van der Waals surface area contributed by atoms with Crippen molar-refractivity contribution in [2.45, 2.75) is 27.2 Å². The number of hydrogen-bond donors (Lipinski definition) is 0. The molecule has 1 aliphatic rings. The second kappa shape index (κ2) is 3.86. The lowest BCUT2D eigenvalue weighted by atomic mass is 9.73. The lowest BCUT2D eigenvalue weighted by molar-refractivity contribution is 0.471. The number of allylic oxidation sites excluding steroid dienone is 5. The van der Waals surface area contributed by atoms with Crippen LogP contribution in [0.3, 0.4) is 0 Å². The molecular weight excluding hydrogens is 168 g/mol. The van der Waals surface area contributed by atoms with Crippen molar-refractivity contribution in [1.82, 2.24) is 0 Å². The van der Waals surface area contributed by atoms with Crippen molar-refractivity contribution >= 4 is 0 Å². The average Bonchev–Trinajstić information content (AvgIpc) is 2.64. The molecule has 0 radical (unpaired) electrons. The van der Waals surface area contributed by atoms with Crippen LogP contribution in [0.1, 0.15) is 27.2 Å². The largest absolute Gasteiger partial charge is 0.116 e. The van der Waals surface area contributed by atoms with Crippen LogP contribution in [-0.4, -0.2) is 0 Å². The molecule has 1 aliphatic carbocycles. The minimum Gasteiger partial charge on any atom is -0.116 e. The Kier molecular flexibility index (Phi) is 2.98. The van der Waals surface area contributed by atoms with E-state index in [2.05, 4.69) is 45.7 Å². The molecular formula is C14H18. The van der Waals surface area contributed by atoms with Crippen LogP contribution in [0.4, 0.5) is 0 Å². The first-order valence-corrected chi connectivity index (χ1v) is 5.02. The maximum absolute atomic E-state index is 4.08. The third kappa shape index (κ3) is 1.54. The van der Waals surface area contributed by atoms with Crippen LogP contribution >= 0.6 is 0 Å². The highest BCUT2D eigenvalue weighted by molar-refractivity contribution is 5.51. The fourth-order valence-corrected chi connectivity index (χ4v) is 1.72. The summed E-state index contributed by atoms with van der Waals surface area (Å²) in [5, 5.41) is 0. The molecule has 0 aromatic carbocycles. The van der Waals surface area contributed by atoms with Crippen molar-refractivity contribution < 1.29 is 0 Å². The molecule has 0 heteroatoms. The Balaban J connectivity index is 3.16. The lowest BCUT2D eigenvalue weighted by Crippen LogP contribution is -2.19. The van der Waals surface area contributed by atoms with Gasteiger partial charge in [-0.05, 0) is 31.1 Å². The molecule has 14 heavy (non-hydrogen) atoms. The second-order valence-corrected chi connectivity index (χ2v) is 3.98. The Morgan fingerprint density at radius 3 is 2.71 bits per heavy atom. The van der Waals surface area contributed by atoms with Crippen molar-refractivity contribution in [3.8, 4) is 0 Å². The highest BCUT2D eigenvalue weighted by Gasteiger charge is 2.30. The molecule has 0 aromatic heterocycles. The third-order valence-corrected chi connectivity index (χ3v) is 3.20. The maximum Gasteiger partial charge on any atom is 0.0204 e. The Bertz CT molecular complexity index is 359. The monoisotopic (exact) mass is 186 g/mol. The van der Waals surface area contributed by atoms with Gasteiger partial charge in [0.1, 0.15) is 0 Å². The van der Waals surface area contributed by atoms with Gasteiger partial charge in [-0.25, -0.2) is 0 Å². The van der Waals surface area contributed by atoms with E-state index in [4.69, 9.17) is 0 Å². The van der Waals surface area contributed by atoms with Crippen LogP contribution < -0.4 is 0 Å². The molecule has 74 valence electrons. The van der Waals surface area contributed by atoms with Crippen molar-refractivity contribution in [3.05, 3.63) is 53.8 Å². The molecule has 1 rings (SSSR count). The van der Waals surface area contributed by atoms with Gasteiger partial charge >= 0.3 is 0 Å². The highest BCUT2D eigenvalue weighted by atomic mass is 14.3. The van der Waals surface area contributed by atoms with Crippen LogP contribution in [0.5, 0.6) is 0 Å². The minimum absolute atomic E-state index is 0.0347. The normalized spacial score (nSPS) is 18.5. The molecule has 0 heterocycles. The van der Waals surface area contributed by atoms with Crippen LogP contribution in [0.25, 0.3) is 0 Å². The smallest absolute Gasteiger partial charge is 0.0204 e. The molecule has 0 spiro atoms. The fraction of sp³-hybridized carbons (Fsp3) is 0.357. The van der Waals surface area contributed by atoms with E-state index in [9.17, 15) is 0 Å². The first-order valence-electron chi connectivity index (χ1n) is 5.02. The summed E-state index contributed by atoms with van der Waals surface area (Å²) in [4.78, 5) is 0. The summed E-state index contributed by atoms with van der Waals surface area (Å²) in [6, 6.07) is 0. The highest BCUT2D eigenvalue weighted by Crippen LogP contribution is 2.42. The van der Waals surface area contributed by atoms with E-state index in [0.29, 0.717) is 0 Å². The molecule has 0 aromatic rings. The fourth-order valence-electron chi connectivity index (χ4n) is 1.72. The maximum atomic E-state index is 4.08. The van der Waals surface area contributed by atoms with Crippen molar-refractivity contribution in [3.63, 3.8) is 0 Å². The molecule has 1 unspecified atom stereocenters. The SMILES string of the molecule is C=CC1=CC=C=C1C(C)(CC)C(=C)C. The Morgan fingerprint density at radius 1 is 1.64 bits per heavy atom. The van der Waals surface area contributed by atoms with Gasteiger partial charge in [0.25, 0.3) is 0 Å². The van der Waals surface area contributed by atoms with Gasteiger partial charge in [-0.15, -0.1) is 5.73 Å². The van der Waals surface area contributed by atoms with Crippen molar-refractivity contribution in [2.24, 2.45) is 5.41 Å². The summed E-state index contributed by atoms with van der Waals surface area (Å²) in [6.07, 6.45) is 6.95. The predicted molar refractivity (Wildman–Crippen MR) is 63.1 cm³/mol. The first kappa shape index (κ1) is 10.8. The summed E-state index contributed by atoms with van der Waals surface area (Å²) < 4.78 is 0. The summed E-state index contributed by atoms with van der Waals surface area (Å²) in [5.41, 5.74) is 6.92. The summed E-state index contributed by atoms with van der Waals surface area (Å²) >= 11 is 0. The molecule has 0 bridgehead atoms. The lowest BCUT2D eigenvalue weighted by Gasteiger charge is -2.30. The predicted octanol–water partition coefficient (Wildman–Crippen LogP) is 4.19. The van der Waals surface area contributed by atoms with Gasteiger partial charge in [0.15, 0.2) is 0 Å². The topological polar surface area (TPSA) is 0 Å². The third-order valence-electron chi connectivity index (χ3n) is 3.20. The van der Waals surface area contributed by atoms with Gasteiger partial charge in [-0.3, -0.25) is 0 Å². The summed E-state index contributed by atoms with van der Waals surface area (Å²) in [7, 11) is 0. The second-order valence-electron chi connectivity index (χ2n) is 3.98. The zero-order valence-electron chi connectivity index (χ0n) is 9.35. The van der Waals surface area contributed by atoms with Gasteiger partial charge in [0, 0.05) is 11.0 Å². The van der Waals surface area contributed by atoms with Crippen molar-refractivity contribution in [2.75, 3.05) is 0 Å². The molecule has 0 N–H and O–H groups in total. The Hall–Kier alpha value is -1.26. The Morgan fingerprint density at radius 2 is 2.29 bits per heavy atom. The van der Waals surface area contributed by atoms with Gasteiger partial charge in [-0.2, -0.15) is 0 Å². The Labute approximate surface area is 87.0 Å². The summed E-state index contributed by atoms with van der Waals surface area (Å²) in [6.45, 7) is 14.4. The molecule has 0 saturated heterocycles. The van der Waals surface area contributed by atoms with Crippen LogP contribution in [-0.2, 0) is 0 Å². The minimum atomic E-state index is 0.0347. The van der Waals surface area contributed by atoms with E-state index < -0.39 is 0 Å². The molecule has 0 saturated carbocycles. The van der Waals surface area contributed by atoms with Gasteiger partial charge in [-0.1, -0.05) is 38.7 Å². The molecule has 0 fully saturated rings. The standard InChI is InChI=1S/C14H18/c1-6-12-9-8-10-13(12)14(5,7-2)11(3)4/h6,8-9H,1,3,7H2,2,4-5H3. The van der Waals surface area contributed by atoms with E-state index in [-0.39, 0.29) is 5.41 Å². The molecule has 0 nitrogen and oxygen atoms in total. The van der Waals surface area contributed by atoms with E-state index >= 15 is 0 Å². The quantitative estimate of drug-likeness (QED) is 0.456. The van der Waals surface area contributed by atoms with E-state index in [1.165, 1.54) is 16.7 Å². The van der Waals surface area contributed by atoms with Crippen LogP contribution in [0.15, 0.2) is 53.8 Å². The van der Waals surface area contributed by atoms with Crippen LogP contribution in [0, 0.1) is 5.41 Å². The molecule has 0 aliphatic heterocycles. The molecule has 1 atom stereocenters. The van der Waals surface area contributed by atoms with Gasteiger partial charge in [0.05, 0.1) is 0 Å². The zero-order valence-corrected chi connectivity index (χ0v) is 9.35. The van der Waals surface area contributed by atoms with Crippen LogP contribution in [0.2, 0.25) is 0 Å². The summed E-state index contributed by atoms with van der Waals surface area (Å²) in [5.74, 6) is 0.